The summed E-state index contributed by atoms with van der Waals surface area (Å²) in [5, 5.41) is 3.44. The van der Waals surface area contributed by atoms with Crippen LogP contribution in [0.4, 0.5) is 5.69 Å². The average Bonchev–Trinajstić information content (AvgIpc) is 3.02. The minimum atomic E-state index is -0.436. The third-order valence-electron chi connectivity index (χ3n) is 3.81. The van der Waals surface area contributed by atoms with Crippen LogP contribution in [0.2, 0.25) is 0 Å². The average molecular weight is 319 g/mol. The first-order valence-corrected chi connectivity index (χ1v) is 7.45. The summed E-state index contributed by atoms with van der Waals surface area (Å²) in [6.07, 6.45) is 0. The van der Waals surface area contributed by atoms with Crippen molar-refractivity contribution in [2.75, 3.05) is 5.32 Å². The van der Waals surface area contributed by atoms with E-state index in [0.29, 0.717) is 16.7 Å². The van der Waals surface area contributed by atoms with Gasteiger partial charge in [-0.2, -0.15) is 0 Å². The summed E-state index contributed by atoms with van der Waals surface area (Å²) in [6.45, 7) is 1.97. The quantitative estimate of drug-likeness (QED) is 0.604. The van der Waals surface area contributed by atoms with E-state index in [0.717, 1.165) is 5.56 Å². The van der Waals surface area contributed by atoms with E-state index in [1.54, 1.807) is 36.4 Å². The van der Waals surface area contributed by atoms with Gasteiger partial charge in [0.25, 0.3) is 5.91 Å². The normalized spacial score (nSPS) is 11.0. The lowest BCUT2D eigenvalue weighted by molar-refractivity contribution is 0.0997. The van der Waals surface area contributed by atoms with Crippen LogP contribution in [0.25, 0.3) is 22.1 Å². The van der Waals surface area contributed by atoms with Crippen LogP contribution < -0.4 is 10.7 Å². The Labute approximate surface area is 136 Å². The van der Waals surface area contributed by atoms with Crippen LogP contribution in [-0.4, -0.2) is 5.91 Å². The third kappa shape index (κ3) is 2.36. The topological polar surface area (TPSA) is 72.5 Å². The molecule has 0 atom stereocenters. The molecule has 0 spiro atoms. The van der Waals surface area contributed by atoms with Crippen molar-refractivity contribution in [3.05, 3.63) is 76.1 Å². The van der Waals surface area contributed by atoms with Crippen LogP contribution in [-0.2, 0) is 0 Å². The van der Waals surface area contributed by atoms with E-state index in [9.17, 15) is 9.59 Å². The molecule has 24 heavy (non-hydrogen) atoms. The Hall–Kier alpha value is -3.34. The Bertz CT molecular complexity index is 1120. The first kappa shape index (κ1) is 14.3. The summed E-state index contributed by atoms with van der Waals surface area (Å²) in [5.74, 6) is -0.358. The molecule has 0 saturated heterocycles. The number of furan rings is 1. The summed E-state index contributed by atoms with van der Waals surface area (Å²) in [7, 11) is 0. The fourth-order valence-corrected chi connectivity index (χ4v) is 2.54. The van der Waals surface area contributed by atoms with Crippen molar-refractivity contribution in [1.82, 2.24) is 0 Å². The number of rotatable bonds is 2. The SMILES string of the molecule is Cc1ccc(NC(=O)c2cc3c(=O)c4ccccc4oc3o2)cc1. The van der Waals surface area contributed by atoms with Crippen LogP contribution in [0.5, 0.6) is 0 Å². The Morgan fingerprint density at radius 2 is 1.71 bits per heavy atom. The summed E-state index contributed by atoms with van der Waals surface area (Å²) >= 11 is 0. The molecule has 0 fully saturated rings. The molecular weight excluding hydrogens is 306 g/mol. The standard InChI is InChI=1S/C19H13NO4/c1-11-6-8-12(9-7-11)20-18(22)16-10-14-17(21)13-4-2-3-5-15(13)23-19(14)24-16/h2-10H,1H3,(H,20,22). The van der Waals surface area contributed by atoms with Crippen molar-refractivity contribution >= 4 is 33.7 Å². The van der Waals surface area contributed by atoms with Gasteiger partial charge in [-0.25, -0.2) is 0 Å². The van der Waals surface area contributed by atoms with E-state index in [1.165, 1.54) is 6.07 Å². The summed E-state index contributed by atoms with van der Waals surface area (Å²) in [6, 6.07) is 15.7. The number of anilines is 1. The second-order valence-electron chi connectivity index (χ2n) is 5.56. The molecule has 0 unspecified atom stereocenters. The number of benzene rings is 2. The van der Waals surface area contributed by atoms with Gasteiger partial charge in [0.05, 0.1) is 5.39 Å². The Balaban J connectivity index is 1.75. The Morgan fingerprint density at radius 1 is 0.958 bits per heavy atom. The lowest BCUT2D eigenvalue weighted by Crippen LogP contribution is -2.10. The predicted molar refractivity (Wildman–Crippen MR) is 91.4 cm³/mol. The summed E-state index contributed by atoms with van der Waals surface area (Å²) in [5.41, 5.74) is 1.95. The molecule has 1 amide bonds. The van der Waals surface area contributed by atoms with E-state index in [-0.39, 0.29) is 22.4 Å². The fourth-order valence-electron chi connectivity index (χ4n) is 2.54. The van der Waals surface area contributed by atoms with Crippen molar-refractivity contribution in [2.24, 2.45) is 0 Å². The number of fused-ring (bicyclic) bond motifs is 2. The molecule has 0 bridgehead atoms. The van der Waals surface area contributed by atoms with Crippen LogP contribution in [0.1, 0.15) is 16.1 Å². The molecule has 0 aliphatic rings. The van der Waals surface area contributed by atoms with Gasteiger partial charge < -0.3 is 14.2 Å². The second-order valence-corrected chi connectivity index (χ2v) is 5.56. The van der Waals surface area contributed by atoms with Crippen molar-refractivity contribution in [3.63, 3.8) is 0 Å². The van der Waals surface area contributed by atoms with Crippen molar-refractivity contribution in [1.29, 1.82) is 0 Å². The monoisotopic (exact) mass is 319 g/mol. The van der Waals surface area contributed by atoms with Gasteiger partial charge in [-0.05, 0) is 31.2 Å². The second kappa shape index (κ2) is 5.38. The highest BCUT2D eigenvalue weighted by molar-refractivity contribution is 6.04. The Morgan fingerprint density at radius 3 is 2.50 bits per heavy atom. The molecule has 2 aromatic carbocycles. The molecule has 4 rings (SSSR count). The zero-order valence-electron chi connectivity index (χ0n) is 12.8. The molecule has 0 saturated carbocycles. The lowest BCUT2D eigenvalue weighted by Gasteiger charge is -2.02. The number of carbonyl (C=O) groups is 1. The van der Waals surface area contributed by atoms with Crippen LogP contribution in [0.15, 0.2) is 68.2 Å². The Kier molecular flexibility index (Phi) is 3.20. The third-order valence-corrected chi connectivity index (χ3v) is 3.81. The highest BCUT2D eigenvalue weighted by Crippen LogP contribution is 2.22. The fraction of sp³-hybridized carbons (Fsp3) is 0.0526. The van der Waals surface area contributed by atoms with E-state index in [2.05, 4.69) is 5.32 Å². The van der Waals surface area contributed by atoms with E-state index in [4.69, 9.17) is 8.83 Å². The van der Waals surface area contributed by atoms with Gasteiger partial charge >= 0.3 is 5.78 Å². The molecule has 5 nitrogen and oxygen atoms in total. The molecule has 0 aliphatic heterocycles. The molecule has 5 heteroatoms. The maximum Gasteiger partial charge on any atom is 0.302 e. The number of hydrogen-bond acceptors (Lipinski definition) is 4. The first-order chi connectivity index (χ1) is 11.6. The van der Waals surface area contributed by atoms with Crippen molar-refractivity contribution in [2.45, 2.75) is 6.92 Å². The molecular formula is C19H13NO4. The van der Waals surface area contributed by atoms with E-state index in [1.807, 2.05) is 19.1 Å². The van der Waals surface area contributed by atoms with Crippen molar-refractivity contribution in [3.8, 4) is 0 Å². The molecule has 118 valence electrons. The molecule has 1 N–H and O–H groups in total. The van der Waals surface area contributed by atoms with Gasteiger partial charge in [0, 0.05) is 11.8 Å². The van der Waals surface area contributed by atoms with Crippen LogP contribution in [0, 0.1) is 6.92 Å². The largest absolute Gasteiger partial charge is 0.425 e. The molecule has 0 aliphatic carbocycles. The number of hydrogen-bond donors (Lipinski definition) is 1. The first-order valence-electron chi connectivity index (χ1n) is 7.45. The number of amides is 1. The van der Waals surface area contributed by atoms with E-state index < -0.39 is 5.91 Å². The molecule has 2 heterocycles. The lowest BCUT2D eigenvalue weighted by atomic mass is 10.2. The zero-order chi connectivity index (χ0) is 16.7. The highest BCUT2D eigenvalue weighted by Gasteiger charge is 2.17. The molecule has 0 radical (unpaired) electrons. The number of carbonyl (C=O) groups excluding carboxylic acids is 1. The minimum Gasteiger partial charge on any atom is -0.425 e. The predicted octanol–water partition coefficient (Wildman–Crippen LogP) is 4.10. The summed E-state index contributed by atoms with van der Waals surface area (Å²) < 4.78 is 11.0. The number of aryl methyl sites for hydroxylation is 1. The van der Waals surface area contributed by atoms with Gasteiger partial charge in [0.1, 0.15) is 11.0 Å². The van der Waals surface area contributed by atoms with E-state index >= 15 is 0 Å². The van der Waals surface area contributed by atoms with Crippen molar-refractivity contribution < 1.29 is 13.6 Å². The smallest absolute Gasteiger partial charge is 0.302 e. The van der Waals surface area contributed by atoms with Gasteiger partial charge in [0.2, 0.25) is 5.43 Å². The molecule has 2 aromatic heterocycles. The van der Waals surface area contributed by atoms with Crippen LogP contribution >= 0.6 is 0 Å². The van der Waals surface area contributed by atoms with Gasteiger partial charge in [-0.1, -0.05) is 29.8 Å². The molecule has 4 aromatic rings. The number of nitrogens with one attached hydrogen (secondary N) is 1. The maximum atomic E-state index is 12.5. The van der Waals surface area contributed by atoms with Gasteiger partial charge in [-0.15, -0.1) is 0 Å². The number of para-hydroxylation sites is 1. The van der Waals surface area contributed by atoms with Crippen LogP contribution in [0.3, 0.4) is 0 Å². The summed E-state index contributed by atoms with van der Waals surface area (Å²) in [4.78, 5) is 24.8. The van der Waals surface area contributed by atoms with Gasteiger partial charge in [-0.3, -0.25) is 9.59 Å². The zero-order valence-corrected chi connectivity index (χ0v) is 12.8. The highest BCUT2D eigenvalue weighted by atomic mass is 16.5. The maximum absolute atomic E-state index is 12.5. The minimum absolute atomic E-state index is 0.0294. The van der Waals surface area contributed by atoms with Gasteiger partial charge in [0.15, 0.2) is 5.76 Å².